The molecule has 0 aromatic heterocycles. The van der Waals surface area contributed by atoms with E-state index in [1.165, 1.54) is 0 Å². The summed E-state index contributed by atoms with van der Waals surface area (Å²) in [5.74, 6) is 0.885. The van der Waals surface area contributed by atoms with Crippen LogP contribution in [0.2, 0.25) is 5.02 Å². The van der Waals surface area contributed by atoms with Gasteiger partial charge in [-0.2, -0.15) is 5.10 Å². The number of allylic oxidation sites excluding steroid dienone is 2. The molecule has 134 valence electrons. The van der Waals surface area contributed by atoms with Crippen molar-refractivity contribution in [3.63, 3.8) is 0 Å². The first-order valence-electron chi connectivity index (χ1n) is 8.60. The van der Waals surface area contributed by atoms with Gasteiger partial charge in [0.2, 0.25) is 5.91 Å². The largest absolute Gasteiger partial charge is 0.495 e. The molecular formula is C19H22BrClN2O2. The minimum atomic E-state index is -0.0256. The Labute approximate surface area is 162 Å². The number of carbonyl (C=O) groups is 1. The maximum absolute atomic E-state index is 12.8. The highest BCUT2D eigenvalue weighted by Crippen LogP contribution is 2.36. The molecule has 0 bridgehead atoms. The van der Waals surface area contributed by atoms with Crippen LogP contribution >= 0.6 is 27.5 Å². The van der Waals surface area contributed by atoms with Gasteiger partial charge in [0.1, 0.15) is 5.75 Å². The van der Waals surface area contributed by atoms with Crippen molar-refractivity contribution in [1.29, 1.82) is 0 Å². The van der Waals surface area contributed by atoms with Gasteiger partial charge in [0.05, 0.1) is 23.8 Å². The molecule has 0 saturated heterocycles. The van der Waals surface area contributed by atoms with Crippen molar-refractivity contribution in [3.8, 4) is 5.75 Å². The second-order valence-corrected chi connectivity index (χ2v) is 7.55. The Hall–Kier alpha value is -1.33. The first-order valence-corrected chi connectivity index (χ1v) is 10.1. The fourth-order valence-corrected chi connectivity index (χ4v) is 4.10. The Morgan fingerprint density at radius 2 is 2.04 bits per heavy atom. The quantitative estimate of drug-likeness (QED) is 0.378. The summed E-state index contributed by atoms with van der Waals surface area (Å²) in [6.07, 6.45) is 7.84. The van der Waals surface area contributed by atoms with Crippen LogP contribution in [0.4, 0.5) is 0 Å². The van der Waals surface area contributed by atoms with Crippen LogP contribution in [0.15, 0.2) is 35.5 Å². The van der Waals surface area contributed by atoms with Gasteiger partial charge in [-0.25, -0.2) is 5.01 Å². The van der Waals surface area contributed by atoms with Crippen molar-refractivity contribution < 1.29 is 9.53 Å². The molecule has 2 atom stereocenters. The summed E-state index contributed by atoms with van der Waals surface area (Å²) in [6.45, 7) is 0.657. The normalized spacial score (nSPS) is 22.6. The van der Waals surface area contributed by atoms with Crippen LogP contribution in [-0.4, -0.2) is 35.6 Å². The molecule has 0 fully saturated rings. The lowest BCUT2D eigenvalue weighted by Crippen LogP contribution is -2.45. The molecule has 1 aliphatic carbocycles. The Kier molecular flexibility index (Phi) is 6.18. The number of hydrogen-bond acceptors (Lipinski definition) is 3. The number of carbonyl (C=O) groups excluding carboxylic acids is 1. The monoisotopic (exact) mass is 424 g/mol. The van der Waals surface area contributed by atoms with Gasteiger partial charge in [-0.05, 0) is 49.4 Å². The van der Waals surface area contributed by atoms with E-state index in [1.54, 1.807) is 12.1 Å². The molecule has 1 aromatic carbocycles. The second-order valence-electron chi connectivity index (χ2n) is 6.35. The van der Waals surface area contributed by atoms with Gasteiger partial charge in [-0.15, -0.1) is 0 Å². The first-order chi connectivity index (χ1) is 12.2. The average Bonchev–Trinajstić information content (AvgIpc) is 2.64. The predicted octanol–water partition coefficient (Wildman–Crippen LogP) is 4.65. The lowest BCUT2D eigenvalue weighted by Gasteiger charge is -2.37. The van der Waals surface area contributed by atoms with E-state index in [2.05, 4.69) is 28.1 Å². The summed E-state index contributed by atoms with van der Waals surface area (Å²) >= 11 is 9.75. The second kappa shape index (κ2) is 8.37. The van der Waals surface area contributed by atoms with Gasteiger partial charge >= 0.3 is 0 Å². The molecule has 1 amide bonds. The van der Waals surface area contributed by atoms with Crippen LogP contribution in [0.3, 0.4) is 0 Å². The number of amides is 1. The lowest BCUT2D eigenvalue weighted by atomic mass is 9.76. The van der Waals surface area contributed by atoms with E-state index < -0.39 is 0 Å². The molecule has 1 aromatic rings. The van der Waals surface area contributed by atoms with Crippen LogP contribution in [0.25, 0.3) is 0 Å². The highest BCUT2D eigenvalue weighted by Gasteiger charge is 2.39. The zero-order valence-corrected chi connectivity index (χ0v) is 16.6. The van der Waals surface area contributed by atoms with Gasteiger partial charge in [0, 0.05) is 17.8 Å². The van der Waals surface area contributed by atoms with Gasteiger partial charge in [0.15, 0.2) is 0 Å². The Morgan fingerprint density at radius 3 is 2.72 bits per heavy atom. The van der Waals surface area contributed by atoms with Gasteiger partial charge in [-0.3, -0.25) is 4.79 Å². The van der Waals surface area contributed by atoms with Crippen LogP contribution in [0.5, 0.6) is 5.75 Å². The van der Waals surface area contributed by atoms with Crippen LogP contribution in [-0.2, 0) is 4.79 Å². The van der Waals surface area contributed by atoms with E-state index >= 15 is 0 Å². The van der Waals surface area contributed by atoms with Crippen LogP contribution in [0, 0.1) is 11.8 Å². The highest BCUT2D eigenvalue weighted by atomic mass is 79.9. The molecule has 25 heavy (non-hydrogen) atoms. The average molecular weight is 426 g/mol. The number of fused-ring (bicyclic) bond motifs is 1. The van der Waals surface area contributed by atoms with Gasteiger partial charge in [0.25, 0.3) is 0 Å². The number of hydrazone groups is 1. The van der Waals surface area contributed by atoms with Gasteiger partial charge in [-0.1, -0.05) is 39.7 Å². The van der Waals surface area contributed by atoms with Crippen molar-refractivity contribution in [2.24, 2.45) is 16.9 Å². The summed E-state index contributed by atoms with van der Waals surface area (Å²) in [5.41, 5.74) is 1.92. The fraction of sp³-hybridized carbons (Fsp3) is 0.474. The van der Waals surface area contributed by atoms with E-state index in [4.69, 9.17) is 21.4 Å². The minimum absolute atomic E-state index is 0.0256. The summed E-state index contributed by atoms with van der Waals surface area (Å²) < 4.78 is 5.25. The molecule has 1 aliphatic heterocycles. The molecule has 3 rings (SSSR count). The maximum atomic E-state index is 12.8. The smallest absolute Gasteiger partial charge is 0.246 e. The number of ether oxygens (including phenoxy) is 1. The Bertz CT molecular complexity index is 705. The molecule has 0 spiro atoms. The first kappa shape index (κ1) is 18.5. The van der Waals surface area contributed by atoms with E-state index in [0.29, 0.717) is 17.3 Å². The van der Waals surface area contributed by atoms with Crippen molar-refractivity contribution in [2.45, 2.75) is 25.7 Å². The molecule has 2 aliphatic rings. The molecule has 0 N–H and O–H groups in total. The molecular weight excluding hydrogens is 404 g/mol. The molecule has 0 saturated carbocycles. The SMILES string of the molecule is COc1ccc(C2=NN(CCCCBr)C(=O)[C@H]3CC=CC[C@@H]23)cc1Cl. The summed E-state index contributed by atoms with van der Waals surface area (Å²) in [5, 5.41) is 7.90. The standard InChI is InChI=1S/C19H22BrClN2O2/c1-25-17-9-8-13(12-16(17)21)18-14-6-2-3-7-15(14)19(24)23(22-18)11-5-4-10-20/h2-3,8-9,12,14-15H,4-7,10-11H2,1H3/t14-,15+/m1/s1. The number of alkyl halides is 1. The topological polar surface area (TPSA) is 41.9 Å². The third kappa shape index (κ3) is 3.93. The van der Waals surface area contributed by atoms with Crippen LogP contribution in [0.1, 0.15) is 31.2 Å². The summed E-state index contributed by atoms with van der Waals surface area (Å²) in [4.78, 5) is 12.8. The van der Waals surface area contributed by atoms with E-state index in [9.17, 15) is 4.79 Å². The van der Waals surface area contributed by atoms with Gasteiger partial charge < -0.3 is 4.74 Å². The maximum Gasteiger partial charge on any atom is 0.246 e. The number of methoxy groups -OCH3 is 1. The third-order valence-corrected chi connectivity index (χ3v) is 5.64. The van der Waals surface area contributed by atoms with Crippen molar-refractivity contribution in [2.75, 3.05) is 19.0 Å². The summed E-state index contributed by atoms with van der Waals surface area (Å²) in [7, 11) is 1.60. The lowest BCUT2D eigenvalue weighted by molar-refractivity contribution is -0.137. The molecule has 4 nitrogen and oxygen atoms in total. The zero-order valence-electron chi connectivity index (χ0n) is 14.3. The molecule has 6 heteroatoms. The van der Waals surface area contributed by atoms with Crippen LogP contribution < -0.4 is 4.74 Å². The Morgan fingerprint density at radius 1 is 1.28 bits per heavy atom. The Balaban J connectivity index is 1.95. The number of nitrogens with zero attached hydrogens (tertiary/aromatic N) is 2. The molecule has 1 heterocycles. The number of hydrogen-bond donors (Lipinski definition) is 0. The zero-order chi connectivity index (χ0) is 17.8. The van der Waals surface area contributed by atoms with E-state index in [-0.39, 0.29) is 17.7 Å². The fourth-order valence-electron chi connectivity index (χ4n) is 3.45. The van der Waals surface area contributed by atoms with Crippen molar-refractivity contribution >= 4 is 39.1 Å². The van der Waals surface area contributed by atoms with Crippen molar-refractivity contribution in [3.05, 3.63) is 40.9 Å². The number of unbranched alkanes of at least 4 members (excludes halogenated alkanes) is 1. The third-order valence-electron chi connectivity index (χ3n) is 4.78. The number of rotatable bonds is 6. The molecule has 0 radical (unpaired) electrons. The number of benzene rings is 1. The highest BCUT2D eigenvalue weighted by molar-refractivity contribution is 9.09. The predicted molar refractivity (Wildman–Crippen MR) is 105 cm³/mol. The van der Waals surface area contributed by atoms with E-state index in [1.807, 2.05) is 18.2 Å². The van der Waals surface area contributed by atoms with Crippen molar-refractivity contribution in [1.82, 2.24) is 5.01 Å². The minimum Gasteiger partial charge on any atom is -0.495 e. The van der Waals surface area contributed by atoms with E-state index in [0.717, 1.165) is 42.3 Å². The summed E-state index contributed by atoms with van der Waals surface area (Å²) in [6, 6.07) is 5.73. The number of halogens is 2. The molecule has 0 unspecified atom stereocenters.